The van der Waals surface area contributed by atoms with Crippen LogP contribution in [0.4, 0.5) is 10.5 Å². The van der Waals surface area contributed by atoms with E-state index in [-0.39, 0.29) is 17.9 Å². The van der Waals surface area contributed by atoms with Crippen molar-refractivity contribution in [1.29, 1.82) is 0 Å². The molecule has 0 aliphatic heterocycles. The third-order valence-electron chi connectivity index (χ3n) is 5.46. The molecule has 2 aromatic rings. The van der Waals surface area contributed by atoms with Crippen LogP contribution in [0.25, 0.3) is 11.1 Å². The first-order valence-electron chi connectivity index (χ1n) is 11.6. The molecular formula is C27H38N2O3. The molecule has 0 radical (unpaired) electrons. The van der Waals surface area contributed by atoms with E-state index in [1.54, 1.807) is 11.9 Å². The Morgan fingerprint density at radius 1 is 1.00 bits per heavy atom. The molecule has 2 amide bonds. The van der Waals surface area contributed by atoms with E-state index in [2.05, 4.69) is 45.1 Å². The molecule has 0 aromatic heterocycles. The molecule has 2 rings (SSSR count). The second-order valence-corrected chi connectivity index (χ2v) is 9.66. The molecule has 2 aromatic carbocycles. The molecule has 0 fully saturated rings. The van der Waals surface area contributed by atoms with Crippen LogP contribution < -0.4 is 10.2 Å². The predicted octanol–water partition coefficient (Wildman–Crippen LogP) is 6.30. The Bertz CT molecular complexity index is 915. The summed E-state index contributed by atoms with van der Waals surface area (Å²) in [5, 5.41) is 12.1. The maximum absolute atomic E-state index is 12.5. The highest BCUT2D eigenvalue weighted by atomic mass is 16.4. The van der Waals surface area contributed by atoms with Crippen molar-refractivity contribution >= 4 is 17.7 Å². The number of carboxylic acid groups (broad SMARTS) is 1. The summed E-state index contributed by atoms with van der Waals surface area (Å²) in [6, 6.07) is 14.1. The van der Waals surface area contributed by atoms with Gasteiger partial charge in [0.15, 0.2) is 0 Å². The van der Waals surface area contributed by atoms with Gasteiger partial charge in [-0.05, 0) is 59.1 Å². The number of benzene rings is 2. The number of amides is 2. The number of aliphatic carboxylic acids is 1. The van der Waals surface area contributed by atoms with Gasteiger partial charge >= 0.3 is 12.0 Å². The molecule has 0 heterocycles. The molecule has 2 N–H and O–H groups in total. The lowest BCUT2D eigenvalue weighted by atomic mass is 9.84. The highest BCUT2D eigenvalue weighted by Crippen LogP contribution is 2.30. The number of anilines is 1. The van der Waals surface area contributed by atoms with E-state index in [4.69, 9.17) is 5.11 Å². The van der Waals surface area contributed by atoms with E-state index in [9.17, 15) is 9.59 Å². The van der Waals surface area contributed by atoms with Crippen molar-refractivity contribution in [2.24, 2.45) is 5.41 Å². The number of nitrogens with one attached hydrogen (secondary N) is 1. The highest BCUT2D eigenvalue weighted by molar-refractivity contribution is 5.92. The van der Waals surface area contributed by atoms with Gasteiger partial charge in [-0.15, -0.1) is 0 Å². The van der Waals surface area contributed by atoms with Crippen LogP contribution in [-0.2, 0) is 17.6 Å². The number of rotatable bonds is 10. The van der Waals surface area contributed by atoms with Gasteiger partial charge in [0, 0.05) is 25.7 Å². The van der Waals surface area contributed by atoms with Crippen molar-refractivity contribution in [1.82, 2.24) is 5.32 Å². The summed E-state index contributed by atoms with van der Waals surface area (Å²) >= 11 is 0. The molecule has 0 aliphatic rings. The van der Waals surface area contributed by atoms with Gasteiger partial charge in [-0.2, -0.15) is 0 Å². The summed E-state index contributed by atoms with van der Waals surface area (Å²) < 4.78 is 0. The van der Waals surface area contributed by atoms with E-state index in [1.165, 1.54) is 5.56 Å². The van der Waals surface area contributed by atoms with Crippen LogP contribution >= 0.6 is 0 Å². The fraction of sp³-hybridized carbons (Fsp3) is 0.481. The minimum absolute atomic E-state index is 0.0918. The van der Waals surface area contributed by atoms with Crippen LogP contribution in [0, 0.1) is 5.41 Å². The molecule has 0 unspecified atom stereocenters. The quantitative estimate of drug-likeness (QED) is 0.428. The zero-order chi connectivity index (χ0) is 23.7. The van der Waals surface area contributed by atoms with Gasteiger partial charge in [-0.1, -0.05) is 70.9 Å². The van der Waals surface area contributed by atoms with Crippen molar-refractivity contribution in [3.05, 3.63) is 53.6 Å². The average molecular weight is 439 g/mol. The summed E-state index contributed by atoms with van der Waals surface area (Å²) in [5.41, 5.74) is 5.31. The van der Waals surface area contributed by atoms with Crippen LogP contribution in [0.3, 0.4) is 0 Å². The van der Waals surface area contributed by atoms with Gasteiger partial charge in [0.2, 0.25) is 0 Å². The second-order valence-electron chi connectivity index (χ2n) is 9.66. The number of carbonyl (C=O) groups excluding carboxylic acids is 1. The Hall–Kier alpha value is -2.82. The Kier molecular flexibility index (Phi) is 9.30. The van der Waals surface area contributed by atoms with Crippen LogP contribution in [0.5, 0.6) is 0 Å². The van der Waals surface area contributed by atoms with Crippen molar-refractivity contribution in [3.63, 3.8) is 0 Å². The van der Waals surface area contributed by atoms with E-state index < -0.39 is 5.97 Å². The predicted molar refractivity (Wildman–Crippen MR) is 132 cm³/mol. The van der Waals surface area contributed by atoms with Gasteiger partial charge in [0.25, 0.3) is 0 Å². The molecule has 0 aliphatic carbocycles. The van der Waals surface area contributed by atoms with Crippen molar-refractivity contribution in [2.75, 3.05) is 18.5 Å². The van der Waals surface area contributed by atoms with Crippen molar-refractivity contribution in [2.45, 2.75) is 66.2 Å². The van der Waals surface area contributed by atoms with Gasteiger partial charge in [0.1, 0.15) is 0 Å². The van der Waals surface area contributed by atoms with E-state index in [1.807, 2.05) is 30.3 Å². The molecule has 5 nitrogen and oxygen atoms in total. The Morgan fingerprint density at radius 3 is 2.38 bits per heavy atom. The monoisotopic (exact) mass is 438 g/mol. The number of hydrogen-bond acceptors (Lipinski definition) is 2. The summed E-state index contributed by atoms with van der Waals surface area (Å²) in [4.78, 5) is 25.2. The lowest BCUT2D eigenvalue weighted by Crippen LogP contribution is -2.37. The third kappa shape index (κ3) is 8.03. The van der Waals surface area contributed by atoms with Crippen LogP contribution in [0.2, 0.25) is 0 Å². The summed E-state index contributed by atoms with van der Waals surface area (Å²) in [5.74, 6) is -0.778. The minimum Gasteiger partial charge on any atom is -0.481 e. The largest absolute Gasteiger partial charge is 0.481 e. The van der Waals surface area contributed by atoms with Gasteiger partial charge < -0.3 is 10.4 Å². The van der Waals surface area contributed by atoms with E-state index in [0.29, 0.717) is 13.0 Å². The third-order valence-corrected chi connectivity index (χ3v) is 5.46. The zero-order valence-electron chi connectivity index (χ0n) is 20.2. The Balaban J connectivity index is 2.26. The lowest BCUT2D eigenvalue weighted by molar-refractivity contribution is -0.136. The zero-order valence-corrected chi connectivity index (χ0v) is 20.2. The Labute approximate surface area is 192 Å². The number of hydrogen-bond donors (Lipinski definition) is 2. The van der Waals surface area contributed by atoms with Crippen LogP contribution in [0.15, 0.2) is 42.5 Å². The average Bonchev–Trinajstić information content (AvgIpc) is 2.74. The highest BCUT2D eigenvalue weighted by Gasteiger charge is 2.16. The van der Waals surface area contributed by atoms with E-state index >= 15 is 0 Å². The first-order chi connectivity index (χ1) is 15.1. The Morgan fingerprint density at radius 2 is 1.72 bits per heavy atom. The molecule has 5 heteroatoms. The molecule has 32 heavy (non-hydrogen) atoms. The molecular weight excluding hydrogens is 400 g/mol. The van der Waals surface area contributed by atoms with Gasteiger partial charge in [0.05, 0.1) is 0 Å². The fourth-order valence-corrected chi connectivity index (χ4v) is 3.73. The molecule has 0 saturated carbocycles. The summed E-state index contributed by atoms with van der Waals surface area (Å²) in [6.45, 7) is 9.40. The van der Waals surface area contributed by atoms with Gasteiger partial charge in [-0.3, -0.25) is 9.69 Å². The number of unbranched alkanes of at least 4 members (excludes halogenated alkanes) is 2. The van der Waals surface area contributed by atoms with E-state index in [0.717, 1.165) is 48.1 Å². The number of aryl methyl sites for hydroxylation is 1. The summed E-state index contributed by atoms with van der Waals surface area (Å²) in [6.07, 6.45) is 4.75. The number of urea groups is 1. The smallest absolute Gasteiger partial charge is 0.321 e. The van der Waals surface area contributed by atoms with Crippen LogP contribution in [0.1, 0.15) is 64.5 Å². The molecule has 0 atom stereocenters. The summed E-state index contributed by atoms with van der Waals surface area (Å²) in [7, 11) is 1.79. The maximum Gasteiger partial charge on any atom is 0.321 e. The number of carboxylic acids is 1. The number of nitrogens with zero attached hydrogens (tertiary/aromatic N) is 1. The molecule has 0 spiro atoms. The SMILES string of the molecule is CCCCCNC(=O)N(C)c1cccc(-c2ccc(CCC(=O)O)c(CC(C)(C)C)c2)c1. The first-order valence-corrected chi connectivity index (χ1v) is 11.6. The fourth-order valence-electron chi connectivity index (χ4n) is 3.73. The van der Waals surface area contributed by atoms with Crippen molar-refractivity contribution < 1.29 is 14.7 Å². The molecule has 0 bridgehead atoms. The molecule has 174 valence electrons. The standard InChI is InChI=1S/C27H38N2O3/c1-6-7-8-16-28-26(32)29(5)24-11-9-10-21(18-24)22-13-12-20(14-15-25(30)31)23(17-22)19-27(2,3)4/h9-13,17-18H,6-8,14-16,19H2,1-5H3,(H,28,32)(H,30,31). The first kappa shape index (κ1) is 25.4. The lowest BCUT2D eigenvalue weighted by Gasteiger charge is -2.22. The van der Waals surface area contributed by atoms with Gasteiger partial charge in [-0.25, -0.2) is 4.79 Å². The van der Waals surface area contributed by atoms with Crippen molar-refractivity contribution in [3.8, 4) is 11.1 Å². The van der Waals surface area contributed by atoms with Crippen LogP contribution in [-0.4, -0.2) is 30.7 Å². The molecule has 0 saturated heterocycles. The topological polar surface area (TPSA) is 69.6 Å². The maximum atomic E-state index is 12.5. The number of carbonyl (C=O) groups is 2. The second kappa shape index (κ2) is 11.7. The normalized spacial score (nSPS) is 11.3. The minimum atomic E-state index is -0.778.